The molecule has 4 rings (SSSR count). The lowest BCUT2D eigenvalue weighted by Crippen LogP contribution is -2.16. The van der Waals surface area contributed by atoms with Gasteiger partial charge in [0.25, 0.3) is 0 Å². The van der Waals surface area contributed by atoms with Gasteiger partial charge in [0.2, 0.25) is 5.88 Å². The number of para-hydroxylation sites is 1. The summed E-state index contributed by atoms with van der Waals surface area (Å²) >= 11 is 0. The number of fused-ring (bicyclic) bond motifs is 1. The van der Waals surface area contributed by atoms with Crippen molar-refractivity contribution in [3.8, 4) is 28.6 Å². The molecule has 0 spiro atoms. The molecule has 0 amide bonds. The van der Waals surface area contributed by atoms with Gasteiger partial charge in [0.15, 0.2) is 11.5 Å². The van der Waals surface area contributed by atoms with Crippen LogP contribution in [-0.4, -0.2) is 30.4 Å². The third-order valence-electron chi connectivity index (χ3n) is 4.28. The van der Waals surface area contributed by atoms with Crippen molar-refractivity contribution in [2.45, 2.75) is 6.61 Å². The van der Waals surface area contributed by atoms with E-state index >= 15 is 0 Å². The van der Waals surface area contributed by atoms with Gasteiger partial charge in [-0.2, -0.15) is 0 Å². The SMILES string of the molecule is COc1nc(-c2cccc3c2OCCO3)ccc1Nc1cccc(CO)c1. The van der Waals surface area contributed by atoms with E-state index in [1.54, 1.807) is 7.11 Å². The van der Waals surface area contributed by atoms with Crippen molar-refractivity contribution in [2.75, 3.05) is 25.6 Å². The topological polar surface area (TPSA) is 72.8 Å². The number of aliphatic hydroxyl groups is 1. The molecule has 2 aromatic carbocycles. The fourth-order valence-electron chi connectivity index (χ4n) is 3.02. The van der Waals surface area contributed by atoms with Crippen LogP contribution >= 0.6 is 0 Å². The summed E-state index contributed by atoms with van der Waals surface area (Å²) in [5.41, 5.74) is 4.02. The summed E-state index contributed by atoms with van der Waals surface area (Å²) in [6.45, 7) is 1.05. The van der Waals surface area contributed by atoms with E-state index in [1.165, 1.54) is 0 Å². The third-order valence-corrected chi connectivity index (χ3v) is 4.28. The van der Waals surface area contributed by atoms with Gasteiger partial charge in [0.05, 0.1) is 19.4 Å². The van der Waals surface area contributed by atoms with Crippen LogP contribution in [0.3, 0.4) is 0 Å². The first-order valence-corrected chi connectivity index (χ1v) is 8.69. The molecule has 1 aliphatic rings. The molecule has 0 bridgehead atoms. The number of anilines is 2. The molecule has 2 N–H and O–H groups in total. The highest BCUT2D eigenvalue weighted by Gasteiger charge is 2.18. The Hall–Kier alpha value is -3.25. The minimum atomic E-state index is -0.00890. The molecule has 0 saturated carbocycles. The van der Waals surface area contributed by atoms with Gasteiger partial charge in [-0.1, -0.05) is 18.2 Å². The average molecular weight is 364 g/mol. The first kappa shape index (κ1) is 17.2. The summed E-state index contributed by atoms with van der Waals surface area (Å²) in [5.74, 6) is 1.90. The van der Waals surface area contributed by atoms with Crippen molar-refractivity contribution in [2.24, 2.45) is 0 Å². The number of pyridine rings is 1. The predicted octanol–water partition coefficient (Wildman–Crippen LogP) is 3.76. The van der Waals surface area contributed by atoms with Crippen molar-refractivity contribution < 1.29 is 19.3 Å². The summed E-state index contributed by atoms with van der Waals surface area (Å²) in [6.07, 6.45) is 0. The Morgan fingerprint density at radius 2 is 1.93 bits per heavy atom. The normalized spacial score (nSPS) is 12.5. The maximum absolute atomic E-state index is 9.30. The summed E-state index contributed by atoms with van der Waals surface area (Å²) in [7, 11) is 1.58. The second-order valence-electron chi connectivity index (χ2n) is 6.07. The van der Waals surface area contributed by atoms with Crippen LogP contribution < -0.4 is 19.5 Å². The van der Waals surface area contributed by atoms with Gasteiger partial charge in [0, 0.05) is 11.3 Å². The molecule has 138 valence electrons. The molecule has 1 aromatic heterocycles. The average Bonchev–Trinajstić information content (AvgIpc) is 2.74. The van der Waals surface area contributed by atoms with Crippen LogP contribution in [0.5, 0.6) is 17.4 Å². The monoisotopic (exact) mass is 364 g/mol. The van der Waals surface area contributed by atoms with Crippen LogP contribution in [0.25, 0.3) is 11.3 Å². The molecule has 0 saturated heterocycles. The summed E-state index contributed by atoms with van der Waals surface area (Å²) in [5, 5.41) is 12.6. The minimum Gasteiger partial charge on any atom is -0.486 e. The van der Waals surface area contributed by atoms with Gasteiger partial charge in [-0.25, -0.2) is 4.98 Å². The quantitative estimate of drug-likeness (QED) is 0.718. The van der Waals surface area contributed by atoms with E-state index in [9.17, 15) is 5.11 Å². The maximum Gasteiger partial charge on any atom is 0.238 e. The lowest BCUT2D eigenvalue weighted by Gasteiger charge is -2.21. The zero-order chi connectivity index (χ0) is 18.6. The molecule has 0 unspecified atom stereocenters. The van der Waals surface area contributed by atoms with Gasteiger partial charge >= 0.3 is 0 Å². The Balaban J connectivity index is 1.68. The zero-order valence-electron chi connectivity index (χ0n) is 14.9. The summed E-state index contributed by atoms with van der Waals surface area (Å²) in [4.78, 5) is 4.64. The number of hydrogen-bond acceptors (Lipinski definition) is 6. The van der Waals surface area contributed by atoms with Crippen molar-refractivity contribution in [1.29, 1.82) is 0 Å². The third kappa shape index (κ3) is 3.52. The summed E-state index contributed by atoms with van der Waals surface area (Å²) < 4.78 is 16.9. The molecular formula is C21H20N2O4. The van der Waals surface area contributed by atoms with Gasteiger partial charge < -0.3 is 24.6 Å². The van der Waals surface area contributed by atoms with E-state index in [1.807, 2.05) is 54.6 Å². The molecule has 0 atom stereocenters. The molecule has 0 fully saturated rings. The first-order chi connectivity index (χ1) is 13.3. The van der Waals surface area contributed by atoms with Crippen LogP contribution in [0.15, 0.2) is 54.6 Å². The largest absolute Gasteiger partial charge is 0.486 e. The Kier molecular flexibility index (Phi) is 4.80. The van der Waals surface area contributed by atoms with Gasteiger partial charge in [-0.05, 0) is 42.0 Å². The molecule has 1 aliphatic heterocycles. The molecule has 27 heavy (non-hydrogen) atoms. The van der Waals surface area contributed by atoms with E-state index in [2.05, 4.69) is 10.3 Å². The van der Waals surface area contributed by atoms with E-state index in [0.29, 0.717) is 24.8 Å². The number of hydrogen-bond donors (Lipinski definition) is 2. The van der Waals surface area contributed by atoms with Crippen molar-refractivity contribution in [3.05, 3.63) is 60.2 Å². The fourth-order valence-corrected chi connectivity index (χ4v) is 3.02. The second-order valence-corrected chi connectivity index (χ2v) is 6.07. The smallest absolute Gasteiger partial charge is 0.238 e. The standard InChI is InChI=1S/C21H20N2O4/c1-25-21-18(22-15-5-2-4-14(12-15)13-24)9-8-17(23-21)16-6-3-7-19-20(16)27-11-10-26-19/h2-9,12,22,24H,10-11,13H2,1H3. The highest BCUT2D eigenvalue weighted by atomic mass is 16.6. The second kappa shape index (κ2) is 7.55. The van der Waals surface area contributed by atoms with Gasteiger partial charge in [-0.3, -0.25) is 0 Å². The lowest BCUT2D eigenvalue weighted by atomic mass is 10.1. The van der Waals surface area contributed by atoms with E-state index in [4.69, 9.17) is 14.2 Å². The molecule has 2 heterocycles. The maximum atomic E-state index is 9.30. The van der Waals surface area contributed by atoms with Crippen molar-refractivity contribution in [3.63, 3.8) is 0 Å². The number of aliphatic hydroxyl groups excluding tert-OH is 1. The number of methoxy groups -OCH3 is 1. The highest BCUT2D eigenvalue weighted by Crippen LogP contribution is 2.40. The van der Waals surface area contributed by atoms with Crippen LogP contribution in [0, 0.1) is 0 Å². The van der Waals surface area contributed by atoms with Crippen molar-refractivity contribution in [1.82, 2.24) is 4.98 Å². The van der Waals surface area contributed by atoms with Crippen molar-refractivity contribution >= 4 is 11.4 Å². The number of benzene rings is 2. The molecule has 0 aliphatic carbocycles. The number of rotatable bonds is 5. The Morgan fingerprint density at radius 1 is 1.07 bits per heavy atom. The zero-order valence-corrected chi connectivity index (χ0v) is 14.9. The fraction of sp³-hybridized carbons (Fsp3) is 0.190. The van der Waals surface area contributed by atoms with Gasteiger partial charge in [0.1, 0.15) is 18.9 Å². The molecule has 3 aromatic rings. The number of nitrogens with zero attached hydrogens (tertiary/aromatic N) is 1. The number of ether oxygens (including phenoxy) is 3. The minimum absolute atomic E-state index is 0.00890. The Bertz CT molecular complexity index is 959. The first-order valence-electron chi connectivity index (χ1n) is 8.69. The molecule has 0 radical (unpaired) electrons. The summed E-state index contributed by atoms with van der Waals surface area (Å²) in [6, 6.07) is 17.1. The van der Waals surface area contributed by atoms with E-state index in [0.717, 1.165) is 33.9 Å². The number of aromatic nitrogens is 1. The van der Waals surface area contributed by atoms with Crippen LogP contribution in [-0.2, 0) is 6.61 Å². The Morgan fingerprint density at radius 3 is 2.78 bits per heavy atom. The van der Waals surface area contributed by atoms with Crippen LogP contribution in [0.2, 0.25) is 0 Å². The molecular weight excluding hydrogens is 344 g/mol. The van der Waals surface area contributed by atoms with E-state index < -0.39 is 0 Å². The van der Waals surface area contributed by atoms with Gasteiger partial charge in [-0.15, -0.1) is 0 Å². The van der Waals surface area contributed by atoms with Crippen LogP contribution in [0.1, 0.15) is 5.56 Å². The predicted molar refractivity (Wildman–Crippen MR) is 103 cm³/mol. The van der Waals surface area contributed by atoms with Crippen LogP contribution in [0.4, 0.5) is 11.4 Å². The number of nitrogens with one attached hydrogen (secondary N) is 1. The molecule has 6 heteroatoms. The van der Waals surface area contributed by atoms with E-state index in [-0.39, 0.29) is 6.61 Å². The molecule has 6 nitrogen and oxygen atoms in total. The Labute approximate surface area is 157 Å². The lowest BCUT2D eigenvalue weighted by molar-refractivity contribution is 0.172. The highest BCUT2D eigenvalue weighted by molar-refractivity contribution is 5.74.